The highest BCUT2D eigenvalue weighted by Crippen LogP contribution is 2.29. The monoisotopic (exact) mass is 259 g/mol. The van der Waals surface area contributed by atoms with Gasteiger partial charge in [-0.2, -0.15) is 0 Å². The van der Waals surface area contributed by atoms with Crippen LogP contribution in [-0.2, 0) is 7.05 Å². The summed E-state index contributed by atoms with van der Waals surface area (Å²) < 4.78 is 3.36. The van der Waals surface area contributed by atoms with Gasteiger partial charge in [-0.3, -0.25) is 0 Å². The minimum Gasteiger partial charge on any atom is -0.344 e. The van der Waals surface area contributed by atoms with Crippen LogP contribution in [0.3, 0.4) is 0 Å². The minimum atomic E-state index is 1.13. The highest BCUT2D eigenvalue weighted by molar-refractivity contribution is 9.10. The first kappa shape index (κ1) is 8.98. The average Bonchev–Trinajstić information content (AvgIpc) is 2.54. The molecule has 3 aromatic rings. The van der Waals surface area contributed by atoms with E-state index in [0.717, 1.165) is 4.47 Å². The molecule has 15 heavy (non-hydrogen) atoms. The molecule has 0 unspecified atom stereocenters. The molecule has 74 valence electrons. The smallest absolute Gasteiger partial charge is 0.0489 e. The number of halogens is 1. The van der Waals surface area contributed by atoms with Gasteiger partial charge in [0.1, 0.15) is 0 Å². The van der Waals surface area contributed by atoms with Gasteiger partial charge in [0, 0.05) is 33.3 Å². The summed E-state index contributed by atoms with van der Waals surface area (Å²) >= 11 is 3.52. The zero-order valence-corrected chi connectivity index (χ0v) is 9.95. The number of hydrogen-bond donors (Lipinski definition) is 0. The Balaban J connectivity index is 2.64. The molecule has 0 bridgehead atoms. The van der Waals surface area contributed by atoms with Gasteiger partial charge in [-0.25, -0.2) is 0 Å². The average molecular weight is 260 g/mol. The fraction of sp³-hybridized carbons (Fsp3) is 0.0769. The lowest BCUT2D eigenvalue weighted by molar-refractivity contribution is 1.01. The molecule has 3 rings (SSSR count). The third-order valence-corrected chi connectivity index (χ3v) is 3.37. The molecule has 0 fully saturated rings. The van der Waals surface area contributed by atoms with Crippen LogP contribution in [0.4, 0.5) is 0 Å². The van der Waals surface area contributed by atoms with E-state index in [1.807, 2.05) is 0 Å². The lowest BCUT2D eigenvalue weighted by atomic mass is 10.2. The lowest BCUT2D eigenvalue weighted by Gasteiger charge is -1.96. The number of aryl methyl sites for hydroxylation is 1. The minimum absolute atomic E-state index is 1.13. The molecular formula is C13H10BrN. The van der Waals surface area contributed by atoms with Crippen LogP contribution in [-0.4, -0.2) is 4.57 Å². The second-order valence-electron chi connectivity index (χ2n) is 3.74. The summed E-state index contributed by atoms with van der Waals surface area (Å²) in [5.74, 6) is 0. The lowest BCUT2D eigenvalue weighted by Crippen LogP contribution is -1.85. The molecule has 0 spiro atoms. The number of benzene rings is 2. The SMILES string of the molecule is Cn1c2ccccc2c2cc(Br)ccc21. The van der Waals surface area contributed by atoms with Gasteiger partial charge in [-0.15, -0.1) is 0 Å². The van der Waals surface area contributed by atoms with Crippen LogP contribution < -0.4 is 0 Å². The van der Waals surface area contributed by atoms with Gasteiger partial charge in [0.05, 0.1) is 0 Å². The normalized spacial score (nSPS) is 11.3. The van der Waals surface area contributed by atoms with Crippen molar-refractivity contribution in [1.29, 1.82) is 0 Å². The molecule has 0 saturated carbocycles. The van der Waals surface area contributed by atoms with E-state index in [1.165, 1.54) is 21.8 Å². The van der Waals surface area contributed by atoms with Gasteiger partial charge >= 0.3 is 0 Å². The third kappa shape index (κ3) is 1.21. The number of fused-ring (bicyclic) bond motifs is 3. The molecule has 1 nitrogen and oxygen atoms in total. The van der Waals surface area contributed by atoms with Crippen molar-refractivity contribution in [3.63, 3.8) is 0 Å². The zero-order valence-electron chi connectivity index (χ0n) is 8.37. The van der Waals surface area contributed by atoms with Crippen LogP contribution in [0.5, 0.6) is 0 Å². The maximum Gasteiger partial charge on any atom is 0.0489 e. The summed E-state index contributed by atoms with van der Waals surface area (Å²) in [5.41, 5.74) is 2.56. The van der Waals surface area contributed by atoms with E-state index in [9.17, 15) is 0 Å². The molecule has 2 heteroatoms. The van der Waals surface area contributed by atoms with Gasteiger partial charge in [0.15, 0.2) is 0 Å². The van der Waals surface area contributed by atoms with E-state index in [0.29, 0.717) is 0 Å². The molecule has 0 N–H and O–H groups in total. The Morgan fingerprint density at radius 2 is 1.67 bits per heavy atom. The van der Waals surface area contributed by atoms with Crippen LogP contribution in [0.1, 0.15) is 0 Å². The van der Waals surface area contributed by atoms with Crippen molar-refractivity contribution >= 4 is 37.7 Å². The predicted octanol–water partition coefficient (Wildman–Crippen LogP) is 4.09. The fourth-order valence-corrected chi connectivity index (χ4v) is 2.50. The largest absolute Gasteiger partial charge is 0.344 e. The summed E-state index contributed by atoms with van der Waals surface area (Å²) in [5, 5.41) is 2.62. The van der Waals surface area contributed by atoms with Crippen LogP contribution in [0.15, 0.2) is 46.9 Å². The third-order valence-electron chi connectivity index (χ3n) is 2.88. The Kier molecular flexibility index (Phi) is 1.86. The highest BCUT2D eigenvalue weighted by Gasteiger charge is 2.06. The standard InChI is InChI=1S/C13H10BrN/c1-15-12-5-3-2-4-10(12)11-8-9(14)6-7-13(11)15/h2-8H,1H3. The van der Waals surface area contributed by atoms with Crippen LogP contribution in [0.2, 0.25) is 0 Å². The molecule has 0 saturated heterocycles. The Morgan fingerprint density at radius 3 is 2.53 bits per heavy atom. The second-order valence-corrected chi connectivity index (χ2v) is 4.65. The predicted molar refractivity (Wildman–Crippen MR) is 68.1 cm³/mol. The van der Waals surface area contributed by atoms with Gasteiger partial charge < -0.3 is 4.57 Å². The molecule has 0 aliphatic rings. The van der Waals surface area contributed by atoms with E-state index in [2.05, 4.69) is 70.0 Å². The molecule has 0 radical (unpaired) electrons. The van der Waals surface area contributed by atoms with Crippen molar-refractivity contribution in [3.05, 3.63) is 46.9 Å². The maximum atomic E-state index is 3.52. The zero-order chi connectivity index (χ0) is 10.4. The molecule has 0 atom stereocenters. The maximum absolute atomic E-state index is 3.52. The molecule has 0 aliphatic carbocycles. The summed E-state index contributed by atoms with van der Waals surface area (Å²) in [7, 11) is 2.11. The first-order valence-corrected chi connectivity index (χ1v) is 5.69. The number of rotatable bonds is 0. The Hall–Kier alpha value is -1.28. The first-order valence-electron chi connectivity index (χ1n) is 4.90. The van der Waals surface area contributed by atoms with Gasteiger partial charge in [-0.1, -0.05) is 34.1 Å². The van der Waals surface area contributed by atoms with Gasteiger partial charge in [0.2, 0.25) is 0 Å². The first-order chi connectivity index (χ1) is 7.27. The Morgan fingerprint density at radius 1 is 0.933 bits per heavy atom. The second kappa shape index (κ2) is 3.11. The number of nitrogens with zero attached hydrogens (tertiary/aromatic N) is 1. The Bertz CT molecular complexity index is 652. The molecule has 0 amide bonds. The van der Waals surface area contributed by atoms with Crippen molar-refractivity contribution in [2.75, 3.05) is 0 Å². The summed E-state index contributed by atoms with van der Waals surface area (Å²) in [6.45, 7) is 0. The van der Waals surface area contributed by atoms with Crippen LogP contribution >= 0.6 is 15.9 Å². The highest BCUT2D eigenvalue weighted by atomic mass is 79.9. The quantitative estimate of drug-likeness (QED) is 0.573. The number of aromatic nitrogens is 1. The fourth-order valence-electron chi connectivity index (χ4n) is 2.14. The van der Waals surface area contributed by atoms with Crippen molar-refractivity contribution < 1.29 is 0 Å². The summed E-state index contributed by atoms with van der Waals surface area (Å²) in [6, 6.07) is 14.9. The number of para-hydroxylation sites is 1. The van der Waals surface area contributed by atoms with Crippen LogP contribution in [0.25, 0.3) is 21.8 Å². The molecule has 2 aromatic carbocycles. The topological polar surface area (TPSA) is 4.93 Å². The van der Waals surface area contributed by atoms with Gasteiger partial charge in [0.25, 0.3) is 0 Å². The van der Waals surface area contributed by atoms with Crippen molar-refractivity contribution in [3.8, 4) is 0 Å². The van der Waals surface area contributed by atoms with Gasteiger partial charge in [-0.05, 0) is 24.3 Å². The van der Waals surface area contributed by atoms with E-state index in [-0.39, 0.29) is 0 Å². The van der Waals surface area contributed by atoms with Crippen LogP contribution in [0, 0.1) is 0 Å². The van der Waals surface area contributed by atoms with Crippen molar-refractivity contribution in [2.24, 2.45) is 7.05 Å². The molecule has 1 aromatic heterocycles. The van der Waals surface area contributed by atoms with Crippen molar-refractivity contribution in [1.82, 2.24) is 4.57 Å². The van der Waals surface area contributed by atoms with E-state index in [1.54, 1.807) is 0 Å². The number of hydrogen-bond acceptors (Lipinski definition) is 0. The summed E-state index contributed by atoms with van der Waals surface area (Å²) in [6.07, 6.45) is 0. The molecular weight excluding hydrogens is 250 g/mol. The van der Waals surface area contributed by atoms with Crippen molar-refractivity contribution in [2.45, 2.75) is 0 Å². The van der Waals surface area contributed by atoms with E-state index >= 15 is 0 Å². The molecule has 1 heterocycles. The molecule has 0 aliphatic heterocycles. The van der Waals surface area contributed by atoms with E-state index < -0.39 is 0 Å². The Labute approximate surface area is 96.4 Å². The summed E-state index contributed by atoms with van der Waals surface area (Å²) in [4.78, 5) is 0. The van der Waals surface area contributed by atoms with E-state index in [4.69, 9.17) is 0 Å².